The Morgan fingerprint density at radius 1 is 1.47 bits per heavy atom. The minimum absolute atomic E-state index is 0.0906. The molecule has 2 rings (SSSR count). The number of carbonyl (C=O) groups is 1. The van der Waals surface area contributed by atoms with Gasteiger partial charge in [-0.2, -0.15) is 0 Å². The number of halogens is 1. The van der Waals surface area contributed by atoms with Gasteiger partial charge in [0.05, 0.1) is 4.83 Å². The molecule has 1 unspecified atom stereocenters. The lowest BCUT2D eigenvalue weighted by molar-refractivity contribution is -0.128. The predicted octanol–water partition coefficient (Wildman–Crippen LogP) is 2.95. The Balaban J connectivity index is 1.98. The summed E-state index contributed by atoms with van der Waals surface area (Å²) in [5, 5.41) is 0. The molecule has 86 valence electrons. The normalized spacial score (nSPS) is 30.1. The second-order valence-corrected chi connectivity index (χ2v) is 6.18. The molecule has 1 aliphatic heterocycles. The summed E-state index contributed by atoms with van der Waals surface area (Å²) >= 11 is 3.44. The Morgan fingerprint density at radius 3 is 2.60 bits per heavy atom. The van der Waals surface area contributed by atoms with Crippen molar-refractivity contribution in [3.05, 3.63) is 0 Å². The third-order valence-corrected chi connectivity index (χ3v) is 5.02. The highest BCUT2D eigenvalue weighted by Gasteiger charge is 2.38. The minimum Gasteiger partial charge on any atom is -0.341 e. The minimum atomic E-state index is 0.0906. The van der Waals surface area contributed by atoms with E-state index in [2.05, 4.69) is 27.8 Å². The van der Waals surface area contributed by atoms with Gasteiger partial charge in [-0.1, -0.05) is 35.7 Å². The number of hydrogen-bond donors (Lipinski definition) is 0. The molecule has 1 amide bonds. The highest BCUT2D eigenvalue weighted by Crippen LogP contribution is 2.42. The van der Waals surface area contributed by atoms with Gasteiger partial charge in [-0.25, -0.2) is 0 Å². The Labute approximate surface area is 101 Å². The van der Waals surface area contributed by atoms with Gasteiger partial charge in [-0.3, -0.25) is 4.79 Å². The molecule has 0 aromatic heterocycles. The molecule has 1 atom stereocenters. The maximum absolute atomic E-state index is 11.8. The topological polar surface area (TPSA) is 20.3 Å². The van der Waals surface area contributed by atoms with Gasteiger partial charge in [-0.15, -0.1) is 0 Å². The van der Waals surface area contributed by atoms with Gasteiger partial charge in [0.15, 0.2) is 0 Å². The van der Waals surface area contributed by atoms with Crippen LogP contribution in [0.4, 0.5) is 0 Å². The van der Waals surface area contributed by atoms with Crippen LogP contribution in [0.25, 0.3) is 0 Å². The lowest BCUT2D eigenvalue weighted by Crippen LogP contribution is -2.37. The van der Waals surface area contributed by atoms with E-state index in [9.17, 15) is 4.79 Å². The number of nitrogens with zero attached hydrogens (tertiary/aromatic N) is 1. The molecule has 0 N–H and O–H groups in total. The highest BCUT2D eigenvalue weighted by atomic mass is 79.9. The molecule has 0 spiro atoms. The van der Waals surface area contributed by atoms with Crippen LogP contribution in [-0.2, 0) is 4.79 Å². The van der Waals surface area contributed by atoms with Crippen LogP contribution >= 0.6 is 15.9 Å². The summed E-state index contributed by atoms with van der Waals surface area (Å²) in [5.74, 6) is 0.315. The van der Waals surface area contributed by atoms with Crippen molar-refractivity contribution in [3.63, 3.8) is 0 Å². The highest BCUT2D eigenvalue weighted by molar-refractivity contribution is 9.10. The van der Waals surface area contributed by atoms with E-state index in [1.165, 1.54) is 32.1 Å². The third kappa shape index (κ3) is 2.22. The molecule has 0 bridgehead atoms. The SMILES string of the molecule is CCC1(CN2CCC(Br)C2=O)CCCC1. The Hall–Kier alpha value is -0.0500. The molecular weight excluding hydrogens is 254 g/mol. The van der Waals surface area contributed by atoms with Crippen molar-refractivity contribution in [3.8, 4) is 0 Å². The zero-order valence-corrected chi connectivity index (χ0v) is 11.1. The standard InChI is InChI=1S/C12H20BrNO/c1-2-12(6-3-4-7-12)9-14-8-5-10(13)11(14)15/h10H,2-9H2,1H3. The average molecular weight is 274 g/mol. The summed E-state index contributed by atoms with van der Waals surface area (Å²) in [7, 11) is 0. The molecule has 1 saturated carbocycles. The van der Waals surface area contributed by atoms with Crippen LogP contribution in [0.1, 0.15) is 45.4 Å². The second kappa shape index (κ2) is 4.44. The zero-order chi connectivity index (χ0) is 10.9. The van der Waals surface area contributed by atoms with Crippen molar-refractivity contribution in [2.24, 2.45) is 5.41 Å². The maximum Gasteiger partial charge on any atom is 0.236 e. The molecular formula is C12H20BrNO. The quantitative estimate of drug-likeness (QED) is 0.724. The lowest BCUT2D eigenvalue weighted by Gasteiger charge is -2.32. The summed E-state index contributed by atoms with van der Waals surface area (Å²) in [6.07, 6.45) is 7.56. The fraction of sp³-hybridized carbons (Fsp3) is 0.917. The largest absolute Gasteiger partial charge is 0.341 e. The van der Waals surface area contributed by atoms with E-state index in [0.717, 1.165) is 19.5 Å². The van der Waals surface area contributed by atoms with Gasteiger partial charge in [0, 0.05) is 13.1 Å². The molecule has 2 fully saturated rings. The molecule has 2 nitrogen and oxygen atoms in total. The lowest BCUT2D eigenvalue weighted by atomic mass is 9.83. The average Bonchev–Trinajstić information content (AvgIpc) is 2.82. The fourth-order valence-electron chi connectivity index (χ4n) is 3.01. The van der Waals surface area contributed by atoms with Crippen molar-refractivity contribution in [1.29, 1.82) is 0 Å². The zero-order valence-electron chi connectivity index (χ0n) is 9.47. The first-order chi connectivity index (χ1) is 7.17. The van der Waals surface area contributed by atoms with Crippen LogP contribution in [0, 0.1) is 5.41 Å². The summed E-state index contributed by atoms with van der Waals surface area (Å²) in [6, 6.07) is 0. The van der Waals surface area contributed by atoms with Crippen molar-refractivity contribution in [1.82, 2.24) is 4.90 Å². The Kier molecular flexibility index (Phi) is 3.39. The van der Waals surface area contributed by atoms with Crippen LogP contribution in [0.15, 0.2) is 0 Å². The molecule has 1 saturated heterocycles. The van der Waals surface area contributed by atoms with Crippen molar-refractivity contribution < 1.29 is 4.79 Å². The van der Waals surface area contributed by atoms with Crippen LogP contribution in [0.2, 0.25) is 0 Å². The molecule has 1 aliphatic carbocycles. The van der Waals surface area contributed by atoms with Crippen molar-refractivity contribution >= 4 is 21.8 Å². The Morgan fingerprint density at radius 2 is 2.13 bits per heavy atom. The van der Waals surface area contributed by atoms with Crippen LogP contribution in [0.3, 0.4) is 0 Å². The summed E-state index contributed by atoms with van der Waals surface area (Å²) in [6.45, 7) is 4.23. The first kappa shape index (κ1) is 11.4. The van der Waals surface area contributed by atoms with E-state index in [1.54, 1.807) is 0 Å². The smallest absolute Gasteiger partial charge is 0.236 e. The van der Waals surface area contributed by atoms with Gasteiger partial charge in [-0.05, 0) is 31.1 Å². The number of carbonyl (C=O) groups excluding carboxylic acids is 1. The maximum atomic E-state index is 11.8. The molecule has 3 heteroatoms. The number of alkyl halides is 1. The van der Waals surface area contributed by atoms with Crippen molar-refractivity contribution in [2.75, 3.05) is 13.1 Å². The summed E-state index contributed by atoms with van der Waals surface area (Å²) < 4.78 is 0. The van der Waals surface area contributed by atoms with E-state index in [4.69, 9.17) is 0 Å². The first-order valence-corrected chi connectivity index (χ1v) is 7.01. The monoisotopic (exact) mass is 273 g/mol. The van der Waals surface area contributed by atoms with Crippen molar-refractivity contribution in [2.45, 2.75) is 50.3 Å². The Bertz CT molecular complexity index is 248. The molecule has 2 aliphatic rings. The van der Waals surface area contributed by atoms with Gasteiger partial charge >= 0.3 is 0 Å². The van der Waals surface area contributed by atoms with E-state index in [-0.39, 0.29) is 4.83 Å². The number of hydrogen-bond acceptors (Lipinski definition) is 1. The molecule has 0 radical (unpaired) electrons. The van der Waals surface area contributed by atoms with Crippen LogP contribution in [0.5, 0.6) is 0 Å². The molecule has 15 heavy (non-hydrogen) atoms. The molecule has 1 heterocycles. The molecule has 0 aromatic rings. The predicted molar refractivity (Wildman–Crippen MR) is 65.1 cm³/mol. The van der Waals surface area contributed by atoms with Crippen LogP contribution in [-0.4, -0.2) is 28.7 Å². The van der Waals surface area contributed by atoms with Crippen LogP contribution < -0.4 is 0 Å². The summed E-state index contributed by atoms with van der Waals surface area (Å²) in [4.78, 5) is 14.0. The number of likely N-dealkylation sites (tertiary alicyclic amines) is 1. The van der Waals surface area contributed by atoms with E-state index >= 15 is 0 Å². The molecule has 0 aromatic carbocycles. The van der Waals surface area contributed by atoms with E-state index < -0.39 is 0 Å². The van der Waals surface area contributed by atoms with E-state index in [0.29, 0.717) is 11.3 Å². The fourth-order valence-corrected chi connectivity index (χ4v) is 3.51. The summed E-state index contributed by atoms with van der Waals surface area (Å²) in [5.41, 5.74) is 0.451. The van der Waals surface area contributed by atoms with Gasteiger partial charge < -0.3 is 4.90 Å². The first-order valence-electron chi connectivity index (χ1n) is 6.10. The van der Waals surface area contributed by atoms with Gasteiger partial charge in [0.2, 0.25) is 5.91 Å². The van der Waals surface area contributed by atoms with Gasteiger partial charge in [0.25, 0.3) is 0 Å². The second-order valence-electron chi connectivity index (χ2n) is 5.08. The van der Waals surface area contributed by atoms with E-state index in [1.807, 2.05) is 0 Å². The third-order valence-electron chi connectivity index (χ3n) is 4.17. The van der Waals surface area contributed by atoms with Gasteiger partial charge in [0.1, 0.15) is 0 Å². The number of rotatable bonds is 3. The number of amides is 1.